The Morgan fingerprint density at radius 2 is 2.12 bits per heavy atom. The molecule has 0 aromatic heterocycles. The normalized spacial score (nSPS) is 36.9. The number of nitrogens with zero attached hydrogens (tertiary/aromatic N) is 1. The summed E-state index contributed by atoms with van der Waals surface area (Å²) in [5, 5.41) is 0. The van der Waals surface area contributed by atoms with Crippen molar-refractivity contribution in [1.82, 2.24) is 4.90 Å². The molecule has 3 rings (SSSR count). The molecule has 1 aromatic rings. The maximum absolute atomic E-state index is 6.29. The molecule has 0 aliphatic carbocycles. The van der Waals surface area contributed by atoms with Crippen LogP contribution in [0, 0.1) is 0 Å². The van der Waals surface area contributed by atoms with E-state index >= 15 is 0 Å². The van der Waals surface area contributed by atoms with Gasteiger partial charge >= 0.3 is 0 Å². The Morgan fingerprint density at radius 1 is 1.35 bits per heavy atom. The first-order valence-electron chi connectivity index (χ1n) is 6.33. The lowest BCUT2D eigenvalue weighted by Gasteiger charge is -2.38. The molecule has 0 bridgehead atoms. The molecule has 1 aromatic carbocycles. The van der Waals surface area contributed by atoms with Crippen molar-refractivity contribution in [3.63, 3.8) is 0 Å². The van der Waals surface area contributed by atoms with Crippen molar-refractivity contribution in [2.24, 2.45) is 5.73 Å². The van der Waals surface area contributed by atoms with Crippen molar-refractivity contribution in [3.05, 3.63) is 29.8 Å². The SMILES string of the molecule is CC1CC2(C[C@@H](N)c3ccccc3O2)CN1C. The molecule has 2 aliphatic rings. The van der Waals surface area contributed by atoms with Gasteiger partial charge in [-0.05, 0) is 20.0 Å². The lowest BCUT2D eigenvalue weighted by atomic mass is 9.86. The van der Waals surface area contributed by atoms with E-state index in [0.717, 1.165) is 30.7 Å². The van der Waals surface area contributed by atoms with E-state index < -0.39 is 0 Å². The van der Waals surface area contributed by atoms with Crippen LogP contribution in [0.2, 0.25) is 0 Å². The largest absolute Gasteiger partial charge is 0.485 e. The first-order valence-corrected chi connectivity index (χ1v) is 6.33. The second kappa shape index (κ2) is 3.72. The average molecular weight is 232 g/mol. The van der Waals surface area contributed by atoms with Gasteiger partial charge in [0.25, 0.3) is 0 Å². The van der Waals surface area contributed by atoms with Crippen LogP contribution in [0.15, 0.2) is 24.3 Å². The Bertz CT molecular complexity index is 422. The summed E-state index contributed by atoms with van der Waals surface area (Å²) in [6.07, 6.45) is 2.00. The van der Waals surface area contributed by atoms with Gasteiger partial charge in [-0.25, -0.2) is 0 Å². The molecule has 0 saturated carbocycles. The van der Waals surface area contributed by atoms with Gasteiger partial charge in [0.05, 0.1) is 0 Å². The maximum Gasteiger partial charge on any atom is 0.125 e. The predicted molar refractivity (Wildman–Crippen MR) is 68.1 cm³/mol. The molecule has 2 aliphatic heterocycles. The van der Waals surface area contributed by atoms with Crippen LogP contribution in [0.5, 0.6) is 5.75 Å². The van der Waals surface area contributed by atoms with E-state index in [-0.39, 0.29) is 11.6 Å². The minimum Gasteiger partial charge on any atom is -0.485 e. The lowest BCUT2D eigenvalue weighted by Crippen LogP contribution is -2.44. The highest BCUT2D eigenvalue weighted by Crippen LogP contribution is 2.43. The molecule has 1 fully saturated rings. The van der Waals surface area contributed by atoms with Gasteiger partial charge in [0, 0.05) is 37.0 Å². The summed E-state index contributed by atoms with van der Waals surface area (Å²) in [4.78, 5) is 2.36. The smallest absolute Gasteiger partial charge is 0.125 e. The lowest BCUT2D eigenvalue weighted by molar-refractivity contribution is 0.0463. The van der Waals surface area contributed by atoms with Gasteiger partial charge in [-0.3, -0.25) is 4.90 Å². The summed E-state index contributed by atoms with van der Waals surface area (Å²) in [6, 6.07) is 8.86. The molecule has 0 radical (unpaired) electrons. The molecule has 3 nitrogen and oxygen atoms in total. The average Bonchev–Trinajstić information content (AvgIpc) is 2.53. The summed E-state index contributed by atoms with van der Waals surface area (Å²) in [5.41, 5.74) is 7.38. The number of rotatable bonds is 0. The van der Waals surface area contributed by atoms with Crippen molar-refractivity contribution in [1.29, 1.82) is 0 Å². The van der Waals surface area contributed by atoms with Gasteiger partial charge in [0.2, 0.25) is 0 Å². The van der Waals surface area contributed by atoms with Gasteiger partial charge in [-0.15, -0.1) is 0 Å². The minimum absolute atomic E-state index is 0.0675. The van der Waals surface area contributed by atoms with Crippen molar-refractivity contribution in [2.45, 2.75) is 37.5 Å². The van der Waals surface area contributed by atoms with Crippen LogP contribution < -0.4 is 10.5 Å². The molecule has 1 saturated heterocycles. The van der Waals surface area contributed by atoms with Crippen LogP contribution in [0.3, 0.4) is 0 Å². The summed E-state index contributed by atoms with van der Waals surface area (Å²) < 4.78 is 6.27. The first-order chi connectivity index (χ1) is 8.10. The monoisotopic (exact) mass is 232 g/mol. The standard InChI is InChI=1S/C14H20N2O/c1-10-7-14(9-16(10)2)8-12(15)11-5-3-4-6-13(11)17-14/h3-6,10,12H,7-9,15H2,1-2H3/t10?,12-,14?/m1/s1. The topological polar surface area (TPSA) is 38.5 Å². The molecular weight excluding hydrogens is 212 g/mol. The molecule has 2 unspecified atom stereocenters. The second-order valence-electron chi connectivity index (χ2n) is 5.60. The highest BCUT2D eigenvalue weighted by molar-refractivity contribution is 5.39. The Labute approximate surface area is 103 Å². The van der Waals surface area contributed by atoms with Gasteiger partial charge in [0.1, 0.15) is 11.4 Å². The van der Waals surface area contributed by atoms with E-state index in [1.807, 2.05) is 18.2 Å². The van der Waals surface area contributed by atoms with E-state index in [9.17, 15) is 0 Å². The third-order valence-corrected chi connectivity index (χ3v) is 4.19. The summed E-state index contributed by atoms with van der Waals surface area (Å²) >= 11 is 0. The van der Waals surface area contributed by atoms with Crippen LogP contribution >= 0.6 is 0 Å². The molecule has 3 atom stereocenters. The molecule has 92 valence electrons. The van der Waals surface area contributed by atoms with E-state index in [4.69, 9.17) is 10.5 Å². The van der Waals surface area contributed by atoms with Crippen molar-refractivity contribution in [2.75, 3.05) is 13.6 Å². The van der Waals surface area contributed by atoms with E-state index in [1.54, 1.807) is 0 Å². The fraction of sp³-hybridized carbons (Fsp3) is 0.571. The number of likely N-dealkylation sites (tertiary alicyclic amines) is 1. The third kappa shape index (κ3) is 1.74. The van der Waals surface area contributed by atoms with Gasteiger partial charge in [-0.1, -0.05) is 18.2 Å². The molecule has 1 spiro atoms. The number of likely N-dealkylation sites (N-methyl/N-ethyl adjacent to an activating group) is 1. The zero-order chi connectivity index (χ0) is 12.0. The molecule has 2 heterocycles. The van der Waals surface area contributed by atoms with E-state index in [1.165, 1.54) is 0 Å². The number of ether oxygens (including phenoxy) is 1. The summed E-state index contributed by atoms with van der Waals surface area (Å²) in [7, 11) is 2.16. The van der Waals surface area contributed by atoms with Crippen LogP contribution in [-0.2, 0) is 0 Å². The van der Waals surface area contributed by atoms with E-state index in [0.29, 0.717) is 6.04 Å². The van der Waals surface area contributed by atoms with Crippen molar-refractivity contribution in [3.8, 4) is 5.75 Å². The molecule has 2 N–H and O–H groups in total. The zero-order valence-electron chi connectivity index (χ0n) is 10.5. The van der Waals surface area contributed by atoms with Gasteiger partial charge < -0.3 is 10.5 Å². The molecule has 3 heteroatoms. The number of nitrogens with two attached hydrogens (primary N) is 1. The number of hydrogen-bond donors (Lipinski definition) is 1. The molecule has 0 amide bonds. The summed E-state index contributed by atoms with van der Waals surface area (Å²) in [6.45, 7) is 3.24. The third-order valence-electron chi connectivity index (χ3n) is 4.19. The first kappa shape index (κ1) is 11.1. The highest BCUT2D eigenvalue weighted by atomic mass is 16.5. The summed E-state index contributed by atoms with van der Waals surface area (Å²) in [5.74, 6) is 0.980. The van der Waals surface area contributed by atoms with Crippen LogP contribution in [-0.4, -0.2) is 30.1 Å². The van der Waals surface area contributed by atoms with Crippen molar-refractivity contribution < 1.29 is 4.74 Å². The Hall–Kier alpha value is -1.06. The minimum atomic E-state index is -0.0675. The number of para-hydroxylation sites is 1. The molecule has 17 heavy (non-hydrogen) atoms. The second-order valence-corrected chi connectivity index (χ2v) is 5.60. The van der Waals surface area contributed by atoms with Gasteiger partial charge in [0.15, 0.2) is 0 Å². The number of benzene rings is 1. The zero-order valence-corrected chi connectivity index (χ0v) is 10.5. The fourth-order valence-corrected chi connectivity index (χ4v) is 3.26. The molecular formula is C14H20N2O. The predicted octanol–water partition coefficient (Wildman–Crippen LogP) is 1.93. The maximum atomic E-state index is 6.29. The van der Waals surface area contributed by atoms with Crippen LogP contribution in [0.1, 0.15) is 31.4 Å². The van der Waals surface area contributed by atoms with Crippen LogP contribution in [0.25, 0.3) is 0 Å². The quantitative estimate of drug-likeness (QED) is 0.743. The van der Waals surface area contributed by atoms with Crippen LogP contribution in [0.4, 0.5) is 0 Å². The van der Waals surface area contributed by atoms with Crippen molar-refractivity contribution >= 4 is 0 Å². The van der Waals surface area contributed by atoms with E-state index in [2.05, 4.69) is 24.9 Å². The fourth-order valence-electron chi connectivity index (χ4n) is 3.26. The Kier molecular flexibility index (Phi) is 2.42. The number of fused-ring (bicyclic) bond motifs is 1. The Morgan fingerprint density at radius 3 is 2.82 bits per heavy atom. The van der Waals surface area contributed by atoms with Gasteiger partial charge in [-0.2, -0.15) is 0 Å². The Balaban J connectivity index is 1.94. The highest BCUT2D eigenvalue weighted by Gasteiger charge is 2.46. The number of hydrogen-bond acceptors (Lipinski definition) is 3.